The summed E-state index contributed by atoms with van der Waals surface area (Å²) in [5, 5.41) is 19.2. The summed E-state index contributed by atoms with van der Waals surface area (Å²) in [6, 6.07) is 9.12. The third-order valence-corrected chi connectivity index (χ3v) is 7.31. The molecule has 30 heavy (non-hydrogen) atoms. The molecule has 0 spiro atoms. The van der Waals surface area contributed by atoms with Gasteiger partial charge in [0.1, 0.15) is 0 Å². The summed E-state index contributed by atoms with van der Waals surface area (Å²) in [6.45, 7) is 1.02. The zero-order valence-corrected chi connectivity index (χ0v) is 17.3. The molecule has 156 valence electrons. The quantitative estimate of drug-likeness (QED) is 0.412. The van der Waals surface area contributed by atoms with Gasteiger partial charge in [-0.15, -0.1) is 10.2 Å². The van der Waals surface area contributed by atoms with Crippen LogP contribution in [-0.4, -0.2) is 45.9 Å². The van der Waals surface area contributed by atoms with E-state index in [-0.39, 0.29) is 26.7 Å². The zero-order chi connectivity index (χ0) is 21.1. The Bertz CT molecular complexity index is 1170. The Balaban J connectivity index is 1.59. The van der Waals surface area contributed by atoms with E-state index in [1.807, 2.05) is 0 Å². The number of benzene rings is 1. The molecule has 1 saturated heterocycles. The van der Waals surface area contributed by atoms with Gasteiger partial charge in [-0.1, -0.05) is 12.5 Å². The van der Waals surface area contributed by atoms with Gasteiger partial charge in [-0.3, -0.25) is 10.1 Å². The van der Waals surface area contributed by atoms with Crippen LogP contribution in [-0.2, 0) is 10.0 Å². The zero-order valence-electron chi connectivity index (χ0n) is 15.7. The Labute approximate surface area is 176 Å². The number of hydrogen-bond donors (Lipinski definition) is 0. The first-order valence-electron chi connectivity index (χ1n) is 9.16. The highest BCUT2D eigenvalue weighted by Crippen LogP contribution is 2.33. The fourth-order valence-electron chi connectivity index (χ4n) is 3.09. The number of piperidine rings is 1. The van der Waals surface area contributed by atoms with Gasteiger partial charge in [-0.2, -0.15) is 4.31 Å². The summed E-state index contributed by atoms with van der Waals surface area (Å²) in [5.41, 5.74) is 0.278. The Hall–Kier alpha value is -2.83. The van der Waals surface area contributed by atoms with Gasteiger partial charge in [-0.25, -0.2) is 13.4 Å². The molecule has 1 fully saturated rings. The second-order valence-electron chi connectivity index (χ2n) is 6.55. The SMILES string of the molecule is O=[N+]([O-])c1cccnc1Sc1nnc(-c2cccc(S(=O)(=O)N3CCCCC3)c2)o1. The molecule has 0 amide bonds. The van der Waals surface area contributed by atoms with E-state index in [1.54, 1.807) is 12.1 Å². The summed E-state index contributed by atoms with van der Waals surface area (Å²) in [4.78, 5) is 14.7. The van der Waals surface area contributed by atoms with E-state index in [0.29, 0.717) is 18.7 Å². The maximum atomic E-state index is 12.9. The maximum absolute atomic E-state index is 12.9. The lowest BCUT2D eigenvalue weighted by Crippen LogP contribution is -2.35. The minimum atomic E-state index is -3.60. The number of rotatable bonds is 6. The minimum absolute atomic E-state index is 0.0658. The van der Waals surface area contributed by atoms with Crippen LogP contribution in [0.2, 0.25) is 0 Å². The molecule has 0 radical (unpaired) electrons. The van der Waals surface area contributed by atoms with Gasteiger partial charge < -0.3 is 4.42 Å². The standard InChI is InChI=1S/C18H17N5O5S2/c24-23(25)15-8-5-9-19-17(15)29-18-21-20-16(28-18)13-6-4-7-14(12-13)30(26,27)22-10-2-1-3-11-22/h4-9,12H,1-3,10-11H2. The third-order valence-electron chi connectivity index (χ3n) is 4.57. The molecule has 1 aliphatic rings. The minimum Gasteiger partial charge on any atom is -0.411 e. The van der Waals surface area contributed by atoms with Gasteiger partial charge in [-0.05, 0) is 48.9 Å². The Morgan fingerprint density at radius 1 is 1.10 bits per heavy atom. The van der Waals surface area contributed by atoms with Crippen molar-refractivity contribution in [1.29, 1.82) is 0 Å². The highest BCUT2D eigenvalue weighted by atomic mass is 32.2. The molecule has 0 aliphatic carbocycles. The van der Waals surface area contributed by atoms with Crippen molar-refractivity contribution in [2.75, 3.05) is 13.1 Å². The number of nitrogens with zero attached hydrogens (tertiary/aromatic N) is 5. The topological polar surface area (TPSA) is 132 Å². The van der Waals surface area contributed by atoms with E-state index in [1.165, 1.54) is 34.8 Å². The van der Waals surface area contributed by atoms with E-state index in [2.05, 4.69) is 15.2 Å². The monoisotopic (exact) mass is 447 g/mol. The second kappa shape index (κ2) is 8.50. The van der Waals surface area contributed by atoms with Crippen LogP contribution in [0, 0.1) is 10.1 Å². The van der Waals surface area contributed by atoms with Crippen molar-refractivity contribution < 1.29 is 17.8 Å². The van der Waals surface area contributed by atoms with Crippen molar-refractivity contribution >= 4 is 27.5 Å². The summed E-state index contributed by atoms with van der Waals surface area (Å²) >= 11 is 0.871. The van der Waals surface area contributed by atoms with Crippen molar-refractivity contribution in [2.45, 2.75) is 34.4 Å². The predicted octanol–water partition coefficient (Wildman–Crippen LogP) is 3.37. The Morgan fingerprint density at radius 2 is 1.90 bits per heavy atom. The molecule has 3 aromatic rings. The highest BCUT2D eigenvalue weighted by molar-refractivity contribution is 7.99. The van der Waals surface area contributed by atoms with Crippen molar-refractivity contribution in [3.05, 3.63) is 52.7 Å². The molecule has 10 nitrogen and oxygen atoms in total. The first kappa shape index (κ1) is 20.4. The van der Waals surface area contributed by atoms with E-state index in [9.17, 15) is 18.5 Å². The Morgan fingerprint density at radius 3 is 2.67 bits per heavy atom. The van der Waals surface area contributed by atoms with Crippen LogP contribution in [0.5, 0.6) is 0 Å². The largest absolute Gasteiger partial charge is 0.411 e. The van der Waals surface area contributed by atoms with Gasteiger partial charge in [0.05, 0.1) is 9.82 Å². The molecule has 4 rings (SSSR count). The van der Waals surface area contributed by atoms with Crippen molar-refractivity contribution in [3.8, 4) is 11.5 Å². The third kappa shape index (κ3) is 4.20. The molecule has 0 atom stereocenters. The number of hydrogen-bond acceptors (Lipinski definition) is 9. The fourth-order valence-corrected chi connectivity index (χ4v) is 5.39. The van der Waals surface area contributed by atoms with Gasteiger partial charge in [0.2, 0.25) is 15.9 Å². The first-order chi connectivity index (χ1) is 14.4. The van der Waals surface area contributed by atoms with Gasteiger partial charge in [0, 0.05) is 30.9 Å². The number of pyridine rings is 1. The van der Waals surface area contributed by atoms with E-state index in [4.69, 9.17) is 4.42 Å². The molecular formula is C18H17N5O5S2. The maximum Gasteiger partial charge on any atom is 0.301 e. The highest BCUT2D eigenvalue weighted by Gasteiger charge is 2.26. The summed E-state index contributed by atoms with van der Waals surface area (Å²) in [7, 11) is -3.60. The van der Waals surface area contributed by atoms with Gasteiger partial charge >= 0.3 is 5.69 Å². The number of sulfonamides is 1. The molecule has 0 N–H and O–H groups in total. The van der Waals surface area contributed by atoms with Gasteiger partial charge in [0.25, 0.3) is 5.22 Å². The van der Waals surface area contributed by atoms with Crippen LogP contribution in [0.15, 0.2) is 62.2 Å². The predicted molar refractivity (Wildman–Crippen MR) is 107 cm³/mol. The number of nitro groups is 1. The van der Waals surface area contributed by atoms with E-state index < -0.39 is 14.9 Å². The van der Waals surface area contributed by atoms with Crippen LogP contribution in [0.4, 0.5) is 5.69 Å². The molecule has 2 aromatic heterocycles. The van der Waals surface area contributed by atoms with Crippen LogP contribution in [0.1, 0.15) is 19.3 Å². The van der Waals surface area contributed by atoms with Crippen molar-refractivity contribution in [2.24, 2.45) is 0 Å². The van der Waals surface area contributed by atoms with Gasteiger partial charge in [0.15, 0.2) is 5.03 Å². The van der Waals surface area contributed by atoms with Crippen LogP contribution in [0.3, 0.4) is 0 Å². The van der Waals surface area contributed by atoms with E-state index >= 15 is 0 Å². The summed E-state index contributed by atoms with van der Waals surface area (Å²) in [5.74, 6) is 0.117. The molecule has 12 heteroatoms. The average molecular weight is 447 g/mol. The Kier molecular flexibility index (Phi) is 5.79. The summed E-state index contributed by atoms with van der Waals surface area (Å²) < 4.78 is 32.9. The molecular weight excluding hydrogens is 430 g/mol. The van der Waals surface area contributed by atoms with Crippen LogP contribution < -0.4 is 0 Å². The first-order valence-corrected chi connectivity index (χ1v) is 11.4. The van der Waals surface area contributed by atoms with Crippen LogP contribution in [0.25, 0.3) is 11.5 Å². The lowest BCUT2D eigenvalue weighted by atomic mass is 10.2. The molecule has 1 aliphatic heterocycles. The second-order valence-corrected chi connectivity index (χ2v) is 9.43. The lowest BCUT2D eigenvalue weighted by Gasteiger charge is -2.25. The van der Waals surface area contributed by atoms with Crippen molar-refractivity contribution in [3.63, 3.8) is 0 Å². The molecule has 0 saturated carbocycles. The van der Waals surface area contributed by atoms with Crippen LogP contribution >= 0.6 is 11.8 Å². The van der Waals surface area contributed by atoms with E-state index in [0.717, 1.165) is 31.0 Å². The smallest absolute Gasteiger partial charge is 0.301 e. The number of aromatic nitrogens is 3. The molecule has 1 aromatic carbocycles. The lowest BCUT2D eigenvalue weighted by molar-refractivity contribution is -0.388. The molecule has 0 bridgehead atoms. The summed E-state index contributed by atoms with van der Waals surface area (Å²) in [6.07, 6.45) is 4.16. The molecule has 0 unspecified atom stereocenters. The normalized spacial score (nSPS) is 15.2. The average Bonchev–Trinajstić information content (AvgIpc) is 3.23. The van der Waals surface area contributed by atoms with Crippen molar-refractivity contribution in [1.82, 2.24) is 19.5 Å². The molecule has 3 heterocycles. The fraction of sp³-hybridized carbons (Fsp3) is 0.278.